The molecule has 3 rings (SSSR count). The number of carbonyl (C=O) groups excluding carboxylic acids is 1. The quantitative estimate of drug-likeness (QED) is 0.547. The van der Waals surface area contributed by atoms with Crippen molar-refractivity contribution in [3.05, 3.63) is 64.6 Å². The standard InChI is InChI=1S/C22H28N4O4S/c1-4-14-25-19-7-5-6-8-20(19)26(22(25)28)15-13-21(27)23-16-17-9-11-18(12-10-17)31(29,30)24(2)3/h5-12H,4,13-16H2,1-3H3,(H,23,27). The summed E-state index contributed by atoms with van der Waals surface area (Å²) >= 11 is 0. The Hall–Kier alpha value is -2.91. The summed E-state index contributed by atoms with van der Waals surface area (Å²) in [6.07, 6.45) is 1.02. The minimum absolute atomic E-state index is 0.103. The van der Waals surface area contributed by atoms with E-state index in [2.05, 4.69) is 5.32 Å². The van der Waals surface area contributed by atoms with Crippen LogP contribution in [-0.4, -0.2) is 41.9 Å². The number of sulfonamides is 1. The summed E-state index contributed by atoms with van der Waals surface area (Å²) in [5, 5.41) is 2.83. The highest BCUT2D eigenvalue weighted by molar-refractivity contribution is 7.89. The number of aromatic nitrogens is 2. The summed E-state index contributed by atoms with van der Waals surface area (Å²) in [5.41, 5.74) is 2.39. The predicted molar refractivity (Wildman–Crippen MR) is 120 cm³/mol. The zero-order chi connectivity index (χ0) is 22.6. The number of rotatable bonds is 9. The summed E-state index contributed by atoms with van der Waals surface area (Å²) in [7, 11) is -0.516. The monoisotopic (exact) mass is 444 g/mol. The SMILES string of the molecule is CCCn1c(=O)n(CCC(=O)NCc2ccc(S(=O)(=O)N(C)C)cc2)c2ccccc21. The zero-order valence-electron chi connectivity index (χ0n) is 18.0. The van der Waals surface area contributed by atoms with Crippen molar-refractivity contribution in [2.45, 2.75) is 44.3 Å². The first-order valence-corrected chi connectivity index (χ1v) is 11.7. The molecule has 0 saturated carbocycles. The Bertz CT molecular complexity index is 1220. The van der Waals surface area contributed by atoms with Crippen LogP contribution >= 0.6 is 0 Å². The molecule has 1 heterocycles. The van der Waals surface area contributed by atoms with Crippen molar-refractivity contribution in [1.82, 2.24) is 18.8 Å². The van der Waals surface area contributed by atoms with Gasteiger partial charge in [-0.25, -0.2) is 17.5 Å². The van der Waals surface area contributed by atoms with Crippen LogP contribution in [0.4, 0.5) is 0 Å². The van der Waals surface area contributed by atoms with Gasteiger partial charge in [-0.1, -0.05) is 31.2 Å². The highest BCUT2D eigenvalue weighted by Gasteiger charge is 2.17. The molecule has 0 spiro atoms. The molecule has 8 nitrogen and oxygen atoms in total. The molecule has 166 valence electrons. The third-order valence-electron chi connectivity index (χ3n) is 5.13. The lowest BCUT2D eigenvalue weighted by Crippen LogP contribution is -2.28. The van der Waals surface area contributed by atoms with Crippen molar-refractivity contribution in [2.24, 2.45) is 0 Å². The number of amides is 1. The molecular weight excluding hydrogens is 416 g/mol. The Morgan fingerprint density at radius 1 is 0.968 bits per heavy atom. The molecule has 1 amide bonds. The Kier molecular flexibility index (Phi) is 6.97. The van der Waals surface area contributed by atoms with Crippen LogP contribution in [0.3, 0.4) is 0 Å². The smallest absolute Gasteiger partial charge is 0.329 e. The van der Waals surface area contributed by atoms with E-state index in [1.165, 1.54) is 26.2 Å². The lowest BCUT2D eigenvalue weighted by molar-refractivity contribution is -0.121. The number of imidazole rings is 1. The number of benzene rings is 2. The van der Waals surface area contributed by atoms with E-state index < -0.39 is 10.0 Å². The molecule has 0 aliphatic rings. The second-order valence-corrected chi connectivity index (χ2v) is 9.68. The molecule has 31 heavy (non-hydrogen) atoms. The number of para-hydroxylation sites is 2. The molecule has 0 radical (unpaired) electrons. The largest absolute Gasteiger partial charge is 0.352 e. The van der Waals surface area contributed by atoms with Gasteiger partial charge in [0.05, 0.1) is 15.9 Å². The van der Waals surface area contributed by atoms with Crippen LogP contribution in [-0.2, 0) is 34.5 Å². The third-order valence-corrected chi connectivity index (χ3v) is 6.96. The maximum atomic E-state index is 12.8. The van der Waals surface area contributed by atoms with Crippen molar-refractivity contribution in [1.29, 1.82) is 0 Å². The summed E-state index contributed by atoms with van der Waals surface area (Å²) in [4.78, 5) is 25.3. The maximum absolute atomic E-state index is 12.8. The molecule has 0 bridgehead atoms. The van der Waals surface area contributed by atoms with Crippen molar-refractivity contribution < 1.29 is 13.2 Å². The maximum Gasteiger partial charge on any atom is 0.329 e. The van der Waals surface area contributed by atoms with Crippen LogP contribution in [0.1, 0.15) is 25.3 Å². The number of hydrogen-bond acceptors (Lipinski definition) is 4. The zero-order valence-corrected chi connectivity index (χ0v) is 18.9. The van der Waals surface area contributed by atoms with E-state index in [1.807, 2.05) is 31.2 Å². The van der Waals surface area contributed by atoms with Crippen LogP contribution in [0, 0.1) is 0 Å². The molecule has 0 fully saturated rings. The highest BCUT2D eigenvalue weighted by Crippen LogP contribution is 2.15. The average molecular weight is 445 g/mol. The van der Waals surface area contributed by atoms with E-state index >= 15 is 0 Å². The second-order valence-electron chi connectivity index (χ2n) is 7.53. The molecule has 0 unspecified atom stereocenters. The van der Waals surface area contributed by atoms with Crippen molar-refractivity contribution in [3.63, 3.8) is 0 Å². The van der Waals surface area contributed by atoms with Gasteiger partial charge in [-0.05, 0) is 36.2 Å². The van der Waals surface area contributed by atoms with Gasteiger partial charge in [-0.3, -0.25) is 13.9 Å². The topological polar surface area (TPSA) is 93.4 Å². The van der Waals surface area contributed by atoms with Gasteiger partial charge in [0.25, 0.3) is 0 Å². The first-order valence-electron chi connectivity index (χ1n) is 10.2. The second kappa shape index (κ2) is 9.49. The predicted octanol–water partition coefficient (Wildman–Crippen LogP) is 2.17. The molecule has 1 aromatic heterocycles. The van der Waals surface area contributed by atoms with Crippen molar-refractivity contribution in [3.8, 4) is 0 Å². The molecule has 3 aromatic rings. The Labute approximate surface area is 182 Å². The van der Waals surface area contributed by atoms with E-state index in [9.17, 15) is 18.0 Å². The number of carbonyl (C=O) groups is 1. The summed E-state index contributed by atoms with van der Waals surface area (Å²) < 4.78 is 28.8. The normalized spacial score (nSPS) is 11.9. The van der Waals surface area contributed by atoms with E-state index in [1.54, 1.807) is 21.3 Å². The fourth-order valence-electron chi connectivity index (χ4n) is 3.42. The number of fused-ring (bicyclic) bond motifs is 1. The van der Waals surface area contributed by atoms with Gasteiger partial charge < -0.3 is 5.32 Å². The summed E-state index contributed by atoms with van der Waals surface area (Å²) in [6, 6.07) is 14.0. The van der Waals surface area contributed by atoms with Gasteiger partial charge in [0.2, 0.25) is 15.9 Å². The van der Waals surface area contributed by atoms with E-state index in [0.717, 1.165) is 27.3 Å². The van der Waals surface area contributed by atoms with E-state index in [0.29, 0.717) is 13.1 Å². The number of aryl methyl sites for hydroxylation is 2. The van der Waals surface area contributed by atoms with E-state index in [4.69, 9.17) is 0 Å². The molecule has 2 aromatic carbocycles. The van der Waals surface area contributed by atoms with Gasteiger partial charge in [0.1, 0.15) is 0 Å². The highest BCUT2D eigenvalue weighted by atomic mass is 32.2. The van der Waals surface area contributed by atoms with Gasteiger partial charge >= 0.3 is 5.69 Å². The van der Waals surface area contributed by atoms with Crippen LogP contribution in [0.15, 0.2) is 58.2 Å². The fraction of sp³-hybridized carbons (Fsp3) is 0.364. The van der Waals surface area contributed by atoms with Crippen molar-refractivity contribution in [2.75, 3.05) is 14.1 Å². The number of nitrogens with one attached hydrogen (secondary N) is 1. The summed E-state index contributed by atoms with van der Waals surface area (Å²) in [6.45, 7) is 3.24. The lowest BCUT2D eigenvalue weighted by Gasteiger charge is -2.12. The summed E-state index contributed by atoms with van der Waals surface area (Å²) in [5.74, 6) is -0.177. The molecule has 1 N–H and O–H groups in total. The molecule has 0 aliphatic carbocycles. The van der Waals surface area contributed by atoms with Crippen LogP contribution in [0.2, 0.25) is 0 Å². The average Bonchev–Trinajstić information content (AvgIpc) is 3.02. The van der Waals surface area contributed by atoms with Crippen molar-refractivity contribution >= 4 is 27.0 Å². The van der Waals surface area contributed by atoms with Crippen LogP contribution in [0.5, 0.6) is 0 Å². The van der Waals surface area contributed by atoms with Crippen LogP contribution in [0.25, 0.3) is 11.0 Å². The van der Waals surface area contributed by atoms with Crippen LogP contribution < -0.4 is 11.0 Å². The number of hydrogen-bond donors (Lipinski definition) is 1. The Morgan fingerprint density at radius 2 is 1.55 bits per heavy atom. The first kappa shape index (κ1) is 22.8. The molecule has 0 atom stereocenters. The van der Waals surface area contributed by atoms with Gasteiger partial charge in [0.15, 0.2) is 0 Å². The van der Waals surface area contributed by atoms with Gasteiger partial charge in [-0.15, -0.1) is 0 Å². The minimum atomic E-state index is -3.48. The van der Waals surface area contributed by atoms with E-state index in [-0.39, 0.29) is 29.5 Å². The molecular formula is C22H28N4O4S. The first-order chi connectivity index (χ1) is 14.8. The fourth-order valence-corrected chi connectivity index (χ4v) is 4.32. The Balaban J connectivity index is 1.63. The molecule has 0 aliphatic heterocycles. The molecule has 0 saturated heterocycles. The number of nitrogens with zero attached hydrogens (tertiary/aromatic N) is 3. The lowest BCUT2D eigenvalue weighted by atomic mass is 10.2. The molecule has 9 heteroatoms. The third kappa shape index (κ3) is 4.88. The Morgan fingerprint density at radius 3 is 2.10 bits per heavy atom. The van der Waals surface area contributed by atoms with Gasteiger partial charge in [0, 0.05) is 40.2 Å². The van der Waals surface area contributed by atoms with Gasteiger partial charge in [-0.2, -0.15) is 0 Å². The minimum Gasteiger partial charge on any atom is -0.352 e.